The predicted octanol–water partition coefficient (Wildman–Crippen LogP) is 4.45. The van der Waals surface area contributed by atoms with Gasteiger partial charge >= 0.3 is 0 Å². The maximum atomic E-state index is 13.0. The number of aryl methyl sites for hydroxylation is 1. The van der Waals surface area contributed by atoms with Crippen LogP contribution in [0.15, 0.2) is 77.7 Å². The Morgan fingerprint density at radius 2 is 1.81 bits per heavy atom. The van der Waals surface area contributed by atoms with Crippen LogP contribution >= 0.6 is 11.6 Å². The number of carbonyl (C=O) groups excluding carboxylic acids is 1. The van der Waals surface area contributed by atoms with Gasteiger partial charge in [0.1, 0.15) is 0 Å². The molecule has 0 saturated heterocycles. The fourth-order valence-corrected chi connectivity index (χ4v) is 5.06. The molecule has 0 bridgehead atoms. The predicted molar refractivity (Wildman–Crippen MR) is 123 cm³/mol. The summed E-state index contributed by atoms with van der Waals surface area (Å²) >= 11 is 6.04. The van der Waals surface area contributed by atoms with Crippen LogP contribution in [0, 0.1) is 0 Å². The summed E-state index contributed by atoms with van der Waals surface area (Å²) in [6.07, 6.45) is 2.11. The van der Waals surface area contributed by atoms with E-state index in [-0.39, 0.29) is 10.8 Å². The zero-order chi connectivity index (χ0) is 21.8. The first-order valence-corrected chi connectivity index (χ1v) is 12.0. The fourth-order valence-electron chi connectivity index (χ4n) is 3.79. The molecule has 1 N–H and O–H groups in total. The first-order chi connectivity index (χ1) is 14.9. The maximum Gasteiger partial charge on any atom is 0.258 e. The Labute approximate surface area is 187 Å². The number of halogens is 1. The minimum Gasteiger partial charge on any atom is -0.308 e. The second-order valence-electron chi connectivity index (χ2n) is 7.49. The molecule has 1 aliphatic rings. The van der Waals surface area contributed by atoms with Crippen molar-refractivity contribution < 1.29 is 13.2 Å². The smallest absolute Gasteiger partial charge is 0.258 e. The van der Waals surface area contributed by atoms with Crippen molar-refractivity contribution in [2.24, 2.45) is 0 Å². The molecule has 31 heavy (non-hydrogen) atoms. The van der Waals surface area contributed by atoms with E-state index in [1.807, 2.05) is 30.3 Å². The Balaban J connectivity index is 1.51. The molecule has 5 nitrogen and oxygen atoms in total. The monoisotopic (exact) mass is 454 g/mol. The fraction of sp³-hybridized carbons (Fsp3) is 0.208. The van der Waals surface area contributed by atoms with Crippen LogP contribution < -0.4 is 9.62 Å². The first-order valence-electron chi connectivity index (χ1n) is 10.2. The average molecular weight is 455 g/mol. The van der Waals surface area contributed by atoms with Crippen molar-refractivity contribution in [1.29, 1.82) is 0 Å². The van der Waals surface area contributed by atoms with Gasteiger partial charge in [-0.25, -0.2) is 13.1 Å². The quantitative estimate of drug-likeness (QED) is 0.598. The third kappa shape index (κ3) is 4.98. The molecule has 3 aromatic rings. The second kappa shape index (κ2) is 9.22. The van der Waals surface area contributed by atoms with Crippen molar-refractivity contribution in [3.05, 3.63) is 94.5 Å². The van der Waals surface area contributed by atoms with Crippen molar-refractivity contribution in [2.45, 2.75) is 24.2 Å². The van der Waals surface area contributed by atoms with Crippen LogP contribution in [0.2, 0.25) is 5.02 Å². The van der Waals surface area contributed by atoms with Crippen LogP contribution in [0.25, 0.3) is 0 Å². The van der Waals surface area contributed by atoms with Crippen LogP contribution in [-0.4, -0.2) is 27.4 Å². The molecule has 7 heteroatoms. The lowest BCUT2D eigenvalue weighted by molar-refractivity contribution is 0.0985. The SMILES string of the molecule is O=C(c1cccc(Cl)c1)N1CCCc2cc(S(=O)(=O)NCCc3ccccc3)ccc21. The number of amides is 1. The van der Waals surface area contributed by atoms with Crippen molar-refractivity contribution in [3.63, 3.8) is 0 Å². The third-order valence-corrected chi connectivity index (χ3v) is 7.04. The standard InChI is InChI=1S/C24H23ClN2O3S/c25-21-10-4-8-20(16-21)24(28)27-15-5-9-19-17-22(11-12-23(19)27)31(29,30)26-14-13-18-6-2-1-3-7-18/h1-4,6-8,10-12,16-17,26H,5,9,13-15H2. The van der Waals surface area contributed by atoms with Gasteiger partial charge in [-0.15, -0.1) is 0 Å². The Morgan fingerprint density at radius 1 is 1.00 bits per heavy atom. The van der Waals surface area contributed by atoms with E-state index in [9.17, 15) is 13.2 Å². The van der Waals surface area contributed by atoms with Gasteiger partial charge in [0.05, 0.1) is 4.90 Å². The van der Waals surface area contributed by atoms with Gasteiger partial charge in [-0.05, 0) is 66.8 Å². The Hall–Kier alpha value is -2.67. The summed E-state index contributed by atoms with van der Waals surface area (Å²) in [6, 6.07) is 21.6. The molecule has 1 amide bonds. The number of benzene rings is 3. The summed E-state index contributed by atoms with van der Waals surface area (Å²) in [5, 5.41) is 0.506. The van der Waals surface area contributed by atoms with Gasteiger partial charge in [-0.3, -0.25) is 4.79 Å². The molecule has 0 saturated carbocycles. The zero-order valence-electron chi connectivity index (χ0n) is 16.9. The van der Waals surface area contributed by atoms with E-state index in [0.717, 1.165) is 29.7 Å². The number of sulfonamides is 1. The number of rotatable bonds is 6. The molecule has 0 aliphatic carbocycles. The lowest BCUT2D eigenvalue weighted by atomic mass is 10.0. The van der Waals surface area contributed by atoms with Gasteiger partial charge in [0, 0.05) is 29.4 Å². The van der Waals surface area contributed by atoms with Gasteiger partial charge in [0.15, 0.2) is 0 Å². The van der Waals surface area contributed by atoms with Gasteiger partial charge in [0.2, 0.25) is 10.0 Å². The molecule has 0 aromatic heterocycles. The van der Waals surface area contributed by atoms with Crippen molar-refractivity contribution in [2.75, 3.05) is 18.0 Å². The van der Waals surface area contributed by atoms with Crippen LogP contribution in [0.1, 0.15) is 27.9 Å². The summed E-state index contributed by atoms with van der Waals surface area (Å²) in [5.41, 5.74) is 3.19. The van der Waals surface area contributed by atoms with E-state index < -0.39 is 10.0 Å². The zero-order valence-corrected chi connectivity index (χ0v) is 18.5. The van der Waals surface area contributed by atoms with Crippen LogP contribution in [-0.2, 0) is 22.9 Å². The summed E-state index contributed by atoms with van der Waals surface area (Å²) in [7, 11) is -3.63. The van der Waals surface area contributed by atoms with Crippen LogP contribution in [0.5, 0.6) is 0 Å². The lowest BCUT2D eigenvalue weighted by Gasteiger charge is -2.30. The molecular formula is C24H23ClN2O3S. The summed E-state index contributed by atoms with van der Waals surface area (Å²) in [5.74, 6) is -0.139. The van der Waals surface area contributed by atoms with E-state index in [1.54, 1.807) is 47.4 Å². The van der Waals surface area contributed by atoms with E-state index in [2.05, 4.69) is 4.72 Å². The molecule has 4 rings (SSSR count). The van der Waals surface area contributed by atoms with Gasteiger partial charge < -0.3 is 4.90 Å². The molecule has 0 fully saturated rings. The van der Waals surface area contributed by atoms with Gasteiger partial charge in [-0.2, -0.15) is 0 Å². The minimum atomic E-state index is -3.63. The van der Waals surface area contributed by atoms with E-state index >= 15 is 0 Å². The number of nitrogens with zero attached hydrogens (tertiary/aromatic N) is 1. The van der Waals surface area contributed by atoms with Gasteiger partial charge in [-0.1, -0.05) is 48.0 Å². The maximum absolute atomic E-state index is 13.0. The molecule has 1 aliphatic heterocycles. The lowest BCUT2D eigenvalue weighted by Crippen LogP contribution is -2.35. The molecule has 3 aromatic carbocycles. The van der Waals surface area contributed by atoms with E-state index in [0.29, 0.717) is 30.1 Å². The number of hydrogen-bond acceptors (Lipinski definition) is 3. The Morgan fingerprint density at radius 3 is 2.58 bits per heavy atom. The largest absolute Gasteiger partial charge is 0.308 e. The molecule has 0 radical (unpaired) electrons. The second-order valence-corrected chi connectivity index (χ2v) is 9.70. The van der Waals surface area contributed by atoms with E-state index in [4.69, 9.17) is 11.6 Å². The molecule has 0 unspecified atom stereocenters. The van der Waals surface area contributed by atoms with Crippen LogP contribution in [0.4, 0.5) is 5.69 Å². The van der Waals surface area contributed by atoms with Crippen LogP contribution in [0.3, 0.4) is 0 Å². The summed E-state index contributed by atoms with van der Waals surface area (Å²) in [4.78, 5) is 14.9. The van der Waals surface area contributed by atoms with Gasteiger partial charge in [0.25, 0.3) is 5.91 Å². The van der Waals surface area contributed by atoms with Crippen molar-refractivity contribution in [1.82, 2.24) is 4.72 Å². The number of fused-ring (bicyclic) bond motifs is 1. The number of nitrogens with one attached hydrogen (secondary N) is 1. The number of hydrogen-bond donors (Lipinski definition) is 1. The highest BCUT2D eigenvalue weighted by atomic mass is 35.5. The molecule has 160 valence electrons. The van der Waals surface area contributed by atoms with Crippen molar-refractivity contribution >= 4 is 33.2 Å². The summed E-state index contributed by atoms with van der Waals surface area (Å²) < 4.78 is 28.2. The van der Waals surface area contributed by atoms with Crippen molar-refractivity contribution in [3.8, 4) is 0 Å². The minimum absolute atomic E-state index is 0.139. The number of anilines is 1. The van der Waals surface area contributed by atoms with E-state index in [1.165, 1.54) is 0 Å². The molecule has 0 atom stereocenters. The highest BCUT2D eigenvalue weighted by molar-refractivity contribution is 7.89. The highest BCUT2D eigenvalue weighted by Crippen LogP contribution is 2.31. The highest BCUT2D eigenvalue weighted by Gasteiger charge is 2.25. The number of carbonyl (C=O) groups is 1. The first kappa shape index (κ1) is 21.6. The normalized spacial score (nSPS) is 13.6. The molecule has 0 spiro atoms. The Bertz CT molecular complexity index is 1200. The topological polar surface area (TPSA) is 66.5 Å². The average Bonchev–Trinajstić information content (AvgIpc) is 2.78. The molecular weight excluding hydrogens is 432 g/mol. The Kier molecular flexibility index (Phi) is 6.41. The summed E-state index contributed by atoms with van der Waals surface area (Å²) in [6.45, 7) is 0.905. The third-order valence-electron chi connectivity index (χ3n) is 5.35. The molecule has 1 heterocycles.